The first-order chi connectivity index (χ1) is 12.7. The van der Waals surface area contributed by atoms with Crippen LogP contribution in [0.25, 0.3) is 11.3 Å². The van der Waals surface area contributed by atoms with E-state index in [1.807, 2.05) is 24.3 Å². The van der Waals surface area contributed by atoms with E-state index in [0.29, 0.717) is 29.6 Å². The van der Waals surface area contributed by atoms with Crippen LogP contribution < -0.4 is 9.47 Å². The van der Waals surface area contributed by atoms with Crippen LogP contribution in [0.4, 0.5) is 4.39 Å². The fourth-order valence-electron chi connectivity index (χ4n) is 3.17. The van der Waals surface area contributed by atoms with E-state index in [1.165, 1.54) is 12.1 Å². The van der Waals surface area contributed by atoms with Crippen molar-refractivity contribution in [3.8, 4) is 22.8 Å². The van der Waals surface area contributed by atoms with E-state index in [9.17, 15) is 4.39 Å². The maximum atomic E-state index is 13.1. The highest BCUT2D eigenvalue weighted by Gasteiger charge is 2.22. The SMILES string of the molecule is COc1cc2c(cc1OC)C(c1ccc(-c3ccc(F)cc3)o1)=NCC2. The van der Waals surface area contributed by atoms with Gasteiger partial charge in [0.15, 0.2) is 17.3 Å². The van der Waals surface area contributed by atoms with Crippen LogP contribution in [0.3, 0.4) is 0 Å². The molecule has 0 saturated carbocycles. The third kappa shape index (κ3) is 2.86. The van der Waals surface area contributed by atoms with Gasteiger partial charge >= 0.3 is 0 Å². The molecule has 5 heteroatoms. The van der Waals surface area contributed by atoms with E-state index in [1.54, 1.807) is 26.4 Å². The zero-order chi connectivity index (χ0) is 18.1. The molecule has 0 aliphatic carbocycles. The van der Waals surface area contributed by atoms with Crippen molar-refractivity contribution >= 4 is 5.71 Å². The standard InChI is InChI=1S/C21H18FNO3/c1-24-19-11-14-9-10-23-21(16(14)12-20(19)25-2)18-8-7-17(26-18)13-3-5-15(22)6-4-13/h3-8,11-12H,9-10H2,1-2H3. The van der Waals surface area contributed by atoms with Crippen molar-refractivity contribution in [2.75, 3.05) is 20.8 Å². The molecule has 2 heterocycles. The molecule has 0 spiro atoms. The number of benzene rings is 2. The monoisotopic (exact) mass is 351 g/mol. The molecule has 4 nitrogen and oxygen atoms in total. The molecular weight excluding hydrogens is 333 g/mol. The van der Waals surface area contributed by atoms with Crippen LogP contribution in [0.15, 0.2) is 57.9 Å². The smallest absolute Gasteiger partial charge is 0.161 e. The van der Waals surface area contributed by atoms with Crippen LogP contribution >= 0.6 is 0 Å². The van der Waals surface area contributed by atoms with Crippen LogP contribution in [0.5, 0.6) is 11.5 Å². The largest absolute Gasteiger partial charge is 0.493 e. The van der Waals surface area contributed by atoms with Crippen molar-refractivity contribution < 1.29 is 18.3 Å². The molecule has 0 amide bonds. The number of hydrogen-bond acceptors (Lipinski definition) is 4. The second-order valence-electron chi connectivity index (χ2n) is 6.02. The van der Waals surface area contributed by atoms with Crippen LogP contribution in [-0.2, 0) is 6.42 Å². The summed E-state index contributed by atoms with van der Waals surface area (Å²) in [5, 5.41) is 0. The van der Waals surface area contributed by atoms with Crippen LogP contribution in [-0.4, -0.2) is 26.5 Å². The Morgan fingerprint density at radius 1 is 0.923 bits per heavy atom. The maximum absolute atomic E-state index is 13.1. The van der Waals surface area contributed by atoms with Gasteiger partial charge in [0.2, 0.25) is 0 Å². The molecule has 0 fully saturated rings. The third-order valence-electron chi connectivity index (χ3n) is 4.48. The second-order valence-corrected chi connectivity index (χ2v) is 6.02. The lowest BCUT2D eigenvalue weighted by molar-refractivity contribution is 0.354. The van der Waals surface area contributed by atoms with E-state index < -0.39 is 0 Å². The quantitative estimate of drug-likeness (QED) is 0.695. The van der Waals surface area contributed by atoms with E-state index >= 15 is 0 Å². The summed E-state index contributed by atoms with van der Waals surface area (Å²) in [4.78, 5) is 4.66. The lowest BCUT2D eigenvalue weighted by atomic mass is 9.95. The van der Waals surface area contributed by atoms with E-state index in [2.05, 4.69) is 4.99 Å². The molecule has 0 radical (unpaired) electrons. The molecule has 4 rings (SSSR count). The molecular formula is C21H18FNO3. The fraction of sp³-hybridized carbons (Fsp3) is 0.190. The molecule has 0 saturated heterocycles. The predicted octanol–water partition coefficient (Wildman–Crippen LogP) is 4.50. The van der Waals surface area contributed by atoms with Gasteiger partial charge < -0.3 is 13.9 Å². The first kappa shape index (κ1) is 16.4. The minimum Gasteiger partial charge on any atom is -0.493 e. The normalized spacial score (nSPS) is 13.1. The van der Waals surface area contributed by atoms with Crippen molar-refractivity contribution in [3.63, 3.8) is 0 Å². The Balaban J connectivity index is 1.74. The van der Waals surface area contributed by atoms with Gasteiger partial charge in [0.05, 0.1) is 14.2 Å². The Kier molecular flexibility index (Phi) is 4.21. The topological polar surface area (TPSA) is 44.0 Å². The third-order valence-corrected chi connectivity index (χ3v) is 4.48. The molecule has 1 aliphatic rings. The van der Waals surface area contributed by atoms with E-state index in [4.69, 9.17) is 13.9 Å². The Hall–Kier alpha value is -3.08. The zero-order valence-corrected chi connectivity index (χ0v) is 14.6. The van der Waals surface area contributed by atoms with Gasteiger partial charge in [0.1, 0.15) is 17.3 Å². The second kappa shape index (κ2) is 6.67. The zero-order valence-electron chi connectivity index (χ0n) is 14.6. The van der Waals surface area contributed by atoms with Crippen LogP contribution in [0.2, 0.25) is 0 Å². The van der Waals surface area contributed by atoms with Crippen molar-refractivity contribution in [1.82, 2.24) is 0 Å². The van der Waals surface area contributed by atoms with Gasteiger partial charge in [-0.3, -0.25) is 4.99 Å². The number of methoxy groups -OCH3 is 2. The van der Waals surface area contributed by atoms with Gasteiger partial charge in [-0.05, 0) is 60.5 Å². The molecule has 1 aromatic heterocycles. The molecule has 2 aromatic carbocycles. The molecule has 132 valence electrons. The summed E-state index contributed by atoms with van der Waals surface area (Å²) in [5.41, 5.74) is 3.74. The fourth-order valence-corrected chi connectivity index (χ4v) is 3.17. The number of fused-ring (bicyclic) bond motifs is 1. The van der Waals surface area contributed by atoms with Crippen LogP contribution in [0.1, 0.15) is 16.9 Å². The molecule has 0 atom stereocenters. The first-order valence-corrected chi connectivity index (χ1v) is 8.35. The van der Waals surface area contributed by atoms with Crippen molar-refractivity contribution in [3.05, 3.63) is 71.2 Å². The minimum atomic E-state index is -0.271. The van der Waals surface area contributed by atoms with Gasteiger partial charge in [-0.25, -0.2) is 4.39 Å². The number of halogens is 1. The summed E-state index contributed by atoms with van der Waals surface area (Å²) in [7, 11) is 3.24. The number of rotatable bonds is 4. The minimum absolute atomic E-state index is 0.271. The van der Waals surface area contributed by atoms with Crippen molar-refractivity contribution in [2.45, 2.75) is 6.42 Å². The molecule has 1 aliphatic heterocycles. The number of nitrogens with zero attached hydrogens (tertiary/aromatic N) is 1. The number of aliphatic imine (C=N–C) groups is 1. The number of furan rings is 1. The molecule has 26 heavy (non-hydrogen) atoms. The number of hydrogen-bond donors (Lipinski definition) is 0. The summed E-state index contributed by atoms with van der Waals surface area (Å²) in [6, 6.07) is 13.9. The molecule has 0 bridgehead atoms. The maximum Gasteiger partial charge on any atom is 0.161 e. The first-order valence-electron chi connectivity index (χ1n) is 8.35. The van der Waals surface area contributed by atoms with E-state index in [0.717, 1.165) is 28.8 Å². The van der Waals surface area contributed by atoms with Gasteiger partial charge in [0.25, 0.3) is 0 Å². The van der Waals surface area contributed by atoms with Gasteiger partial charge in [-0.1, -0.05) is 0 Å². The summed E-state index contributed by atoms with van der Waals surface area (Å²) >= 11 is 0. The van der Waals surface area contributed by atoms with Crippen molar-refractivity contribution in [2.24, 2.45) is 4.99 Å². The average Bonchev–Trinajstić information content (AvgIpc) is 3.16. The Morgan fingerprint density at radius 2 is 1.62 bits per heavy atom. The molecule has 3 aromatic rings. The van der Waals surface area contributed by atoms with Gasteiger partial charge in [-0.2, -0.15) is 0 Å². The van der Waals surface area contributed by atoms with E-state index in [-0.39, 0.29) is 5.82 Å². The lowest BCUT2D eigenvalue weighted by Gasteiger charge is -2.18. The highest BCUT2D eigenvalue weighted by atomic mass is 19.1. The average molecular weight is 351 g/mol. The summed E-state index contributed by atoms with van der Waals surface area (Å²) in [6.45, 7) is 0.685. The highest BCUT2D eigenvalue weighted by molar-refractivity contribution is 6.13. The summed E-state index contributed by atoms with van der Waals surface area (Å²) < 4.78 is 30.0. The summed E-state index contributed by atoms with van der Waals surface area (Å²) in [6.07, 6.45) is 0.838. The molecule has 0 N–H and O–H groups in total. The van der Waals surface area contributed by atoms with Gasteiger partial charge in [0, 0.05) is 17.7 Å². The Labute approximate surface area is 150 Å². The van der Waals surface area contributed by atoms with Crippen molar-refractivity contribution in [1.29, 1.82) is 0 Å². The molecule has 0 unspecified atom stereocenters. The predicted molar refractivity (Wildman–Crippen MR) is 97.9 cm³/mol. The van der Waals surface area contributed by atoms with Crippen LogP contribution in [0, 0.1) is 5.82 Å². The Morgan fingerprint density at radius 3 is 2.35 bits per heavy atom. The lowest BCUT2D eigenvalue weighted by Crippen LogP contribution is -2.14. The Bertz CT molecular complexity index is 973. The highest BCUT2D eigenvalue weighted by Crippen LogP contribution is 2.34. The number of ether oxygens (including phenoxy) is 2. The van der Waals surface area contributed by atoms with Gasteiger partial charge in [-0.15, -0.1) is 0 Å². The summed E-state index contributed by atoms with van der Waals surface area (Å²) in [5.74, 6) is 2.45.